The molecule has 0 unspecified atom stereocenters. The van der Waals surface area contributed by atoms with Gasteiger partial charge in [0.2, 0.25) is 0 Å². The van der Waals surface area contributed by atoms with Crippen LogP contribution in [0.3, 0.4) is 0 Å². The Morgan fingerprint density at radius 1 is 0.500 bits per heavy atom. The van der Waals surface area contributed by atoms with Crippen molar-refractivity contribution in [1.29, 1.82) is 0 Å². The van der Waals surface area contributed by atoms with E-state index in [9.17, 15) is 4.79 Å². The van der Waals surface area contributed by atoms with Gasteiger partial charge in [-0.1, -0.05) is 120 Å². The topological polar surface area (TPSA) is 106 Å². The molecule has 10 heteroatoms. The van der Waals surface area contributed by atoms with Crippen molar-refractivity contribution >= 4 is 70.6 Å². The highest BCUT2D eigenvalue weighted by Crippen LogP contribution is 2.38. The minimum absolute atomic E-state index is 0.178. The highest BCUT2D eigenvalue weighted by Gasteiger charge is 2.15. The largest absolute Gasteiger partial charge is 0.487 e. The zero-order chi connectivity index (χ0) is 43.0. The van der Waals surface area contributed by atoms with Crippen molar-refractivity contribution in [3.8, 4) is 11.5 Å². The first-order chi connectivity index (χ1) is 31.5. The van der Waals surface area contributed by atoms with Gasteiger partial charge in [0.15, 0.2) is 0 Å². The molecule has 0 saturated heterocycles. The molecule has 0 amide bonds. The lowest BCUT2D eigenvalue weighted by Gasteiger charge is -2.14. The molecule has 0 aliphatic heterocycles. The number of methoxy groups -OCH3 is 1. The van der Waals surface area contributed by atoms with E-state index < -0.39 is 5.97 Å². The zero-order valence-corrected chi connectivity index (χ0v) is 35.7. The molecule has 64 heavy (non-hydrogen) atoms. The van der Waals surface area contributed by atoms with Gasteiger partial charge in [0.25, 0.3) is 0 Å². The highest BCUT2D eigenvalue weighted by atomic mass is 16.5. The number of aromatic nitrogens is 6. The molecule has 0 aliphatic rings. The highest BCUT2D eigenvalue weighted by molar-refractivity contribution is 6.24. The second kappa shape index (κ2) is 16.9. The quantitative estimate of drug-likeness (QED) is 0.0507. The molecule has 0 aliphatic carbocycles. The van der Waals surface area contributed by atoms with Gasteiger partial charge in [-0.05, 0) is 126 Å². The van der Waals surface area contributed by atoms with Crippen LogP contribution in [0.15, 0.2) is 140 Å². The molecule has 9 aromatic carbocycles. The Bertz CT molecular complexity index is 3200. The minimum Gasteiger partial charge on any atom is -0.487 e. The van der Waals surface area contributed by atoms with Crippen LogP contribution >= 0.6 is 0 Å². The van der Waals surface area contributed by atoms with Crippen molar-refractivity contribution in [3.63, 3.8) is 0 Å². The van der Waals surface area contributed by atoms with Crippen LogP contribution < -0.4 is 9.47 Å². The number of unbranched alkanes of at least 4 members (excludes halogenated alkanes) is 2. The van der Waals surface area contributed by atoms with Gasteiger partial charge in [0.05, 0.1) is 25.1 Å². The van der Waals surface area contributed by atoms with Crippen LogP contribution in [0.5, 0.6) is 11.5 Å². The number of rotatable bonds is 17. The van der Waals surface area contributed by atoms with E-state index >= 15 is 0 Å². The molecule has 0 spiro atoms. The number of esters is 1. The van der Waals surface area contributed by atoms with E-state index in [2.05, 4.69) is 130 Å². The lowest BCUT2D eigenvalue weighted by atomic mass is 9.90. The van der Waals surface area contributed by atoms with Gasteiger partial charge in [-0.2, -0.15) is 0 Å². The van der Waals surface area contributed by atoms with Gasteiger partial charge < -0.3 is 14.2 Å². The summed E-state index contributed by atoms with van der Waals surface area (Å²) in [6.07, 6.45) is 9.78. The first-order valence-corrected chi connectivity index (χ1v) is 22.1. The van der Waals surface area contributed by atoms with Gasteiger partial charge in [-0.3, -0.25) is 9.36 Å². The van der Waals surface area contributed by atoms with Crippen molar-refractivity contribution in [3.05, 3.63) is 168 Å². The third kappa shape index (κ3) is 7.65. The summed E-state index contributed by atoms with van der Waals surface area (Å²) in [6.45, 7) is 1.86. The van der Waals surface area contributed by atoms with Crippen LogP contribution in [0.2, 0.25) is 0 Å². The molecule has 2 heterocycles. The fourth-order valence-corrected chi connectivity index (χ4v) is 9.52. The number of carbonyl (C=O) groups excluding carboxylic acids is 1. The van der Waals surface area contributed by atoms with E-state index in [-0.39, 0.29) is 13.2 Å². The van der Waals surface area contributed by atoms with Gasteiger partial charge in [-0.25, -0.2) is 4.79 Å². The fraction of sp³-hybridized carbons (Fsp3) is 0.204. The Kier molecular flexibility index (Phi) is 10.4. The van der Waals surface area contributed by atoms with Crippen molar-refractivity contribution in [1.82, 2.24) is 30.0 Å². The van der Waals surface area contributed by atoms with E-state index in [1.165, 1.54) is 82.9 Å². The van der Waals surface area contributed by atoms with Crippen LogP contribution in [0.4, 0.5) is 0 Å². The van der Waals surface area contributed by atoms with Crippen molar-refractivity contribution in [2.24, 2.45) is 0 Å². The summed E-state index contributed by atoms with van der Waals surface area (Å²) in [5.74, 6) is 0.416. The Labute approximate surface area is 369 Å². The summed E-state index contributed by atoms with van der Waals surface area (Å²) in [5.41, 5.74) is 4.44. The first-order valence-electron chi connectivity index (χ1n) is 22.1. The maximum atomic E-state index is 12.6. The van der Waals surface area contributed by atoms with Gasteiger partial charge in [0.1, 0.15) is 36.1 Å². The zero-order valence-electron chi connectivity index (χ0n) is 35.7. The second-order valence-corrected chi connectivity index (χ2v) is 16.8. The molecular weight excluding hydrogens is 797 g/mol. The summed E-state index contributed by atoms with van der Waals surface area (Å²) >= 11 is 0. The van der Waals surface area contributed by atoms with E-state index in [1.807, 2.05) is 21.8 Å². The van der Waals surface area contributed by atoms with Gasteiger partial charge in [-0.15, -0.1) is 10.2 Å². The fourth-order valence-electron chi connectivity index (χ4n) is 9.52. The van der Waals surface area contributed by atoms with Crippen LogP contribution in [0, 0.1) is 0 Å². The smallest absolute Gasteiger partial charge is 0.338 e. The maximum Gasteiger partial charge on any atom is 0.338 e. The van der Waals surface area contributed by atoms with Crippen LogP contribution in [0.25, 0.3) is 64.6 Å². The number of hydrogen-bond acceptors (Lipinski definition) is 8. The number of nitrogens with zero attached hydrogens (tertiary/aromatic N) is 6. The number of aryl methyl sites for hydroxylation is 4. The number of ether oxygens (including phenoxy) is 3. The number of benzene rings is 9. The Hall–Kier alpha value is -7.59. The average molecular weight is 843 g/mol. The summed E-state index contributed by atoms with van der Waals surface area (Å²) in [7, 11) is 1.35. The molecule has 11 rings (SSSR count). The van der Waals surface area contributed by atoms with Crippen LogP contribution in [-0.2, 0) is 43.9 Å². The molecular formula is C54H46N6O4. The standard InChI is InChI=1S/C54H46N6O4/c1-62-54(61)43-28-46(63-33-44-31-59(57-55-44)26-4-2-8-35-14-16-41-20-18-37-10-6-12-39-22-24-48(35)52(41)50(37)39)30-47(29-43)64-34-45-32-60(58-56-45)27-5-3-9-36-15-17-42-21-19-38-11-7-13-40-23-25-49(36)53(42)51(38)40/h6-7,10-25,28-32H,2-5,8-9,26-27,33-34H2,1H3. The number of carbonyl (C=O) groups is 1. The second-order valence-electron chi connectivity index (χ2n) is 16.8. The van der Waals surface area contributed by atoms with Crippen LogP contribution in [0.1, 0.15) is 58.6 Å². The third-order valence-corrected chi connectivity index (χ3v) is 12.7. The number of hydrogen-bond donors (Lipinski definition) is 0. The third-order valence-electron chi connectivity index (χ3n) is 12.7. The summed E-state index contributed by atoms with van der Waals surface area (Å²) in [4.78, 5) is 12.6. The lowest BCUT2D eigenvalue weighted by Crippen LogP contribution is -2.04. The predicted octanol–water partition coefficient (Wildman–Crippen LogP) is 11.7. The normalized spacial score (nSPS) is 11.9. The van der Waals surface area contributed by atoms with Crippen LogP contribution in [-0.4, -0.2) is 43.1 Å². The molecule has 2 aromatic heterocycles. The minimum atomic E-state index is -0.489. The molecule has 0 N–H and O–H groups in total. The molecule has 11 aromatic rings. The van der Waals surface area contributed by atoms with Gasteiger partial charge >= 0.3 is 5.97 Å². The average Bonchev–Trinajstić information content (AvgIpc) is 4.01. The van der Waals surface area contributed by atoms with E-state index in [1.54, 1.807) is 18.2 Å². The van der Waals surface area contributed by atoms with Crippen molar-refractivity contribution in [2.75, 3.05) is 7.11 Å². The monoisotopic (exact) mass is 842 g/mol. The van der Waals surface area contributed by atoms with Crippen molar-refractivity contribution < 1.29 is 19.0 Å². The lowest BCUT2D eigenvalue weighted by molar-refractivity contribution is 0.0599. The molecule has 316 valence electrons. The predicted molar refractivity (Wildman–Crippen MR) is 253 cm³/mol. The molecule has 0 atom stereocenters. The summed E-state index contributed by atoms with van der Waals surface area (Å²) in [6, 6.07) is 45.1. The van der Waals surface area contributed by atoms with E-state index in [0.29, 0.717) is 28.5 Å². The first kappa shape index (κ1) is 39.3. The molecule has 0 fully saturated rings. The Morgan fingerprint density at radius 2 is 0.922 bits per heavy atom. The van der Waals surface area contributed by atoms with E-state index in [0.717, 1.165) is 51.6 Å². The van der Waals surface area contributed by atoms with Gasteiger partial charge in [0, 0.05) is 19.2 Å². The SMILES string of the molecule is COC(=O)c1cc(OCc2cn(CCCCc3ccc4ccc5cccc6ccc3c4c56)nn2)cc(OCc2cn(CCCCc3ccc4ccc5cccc6ccc3c4c56)nn2)c1. The van der Waals surface area contributed by atoms with Crippen molar-refractivity contribution in [2.45, 2.75) is 64.8 Å². The summed E-state index contributed by atoms with van der Waals surface area (Å²) in [5, 5.41) is 33.3. The Morgan fingerprint density at radius 3 is 1.38 bits per heavy atom. The molecule has 0 saturated carbocycles. The maximum absolute atomic E-state index is 12.6. The summed E-state index contributed by atoms with van der Waals surface area (Å²) < 4.78 is 21.0. The molecule has 0 radical (unpaired) electrons. The molecule has 10 nitrogen and oxygen atoms in total. The Balaban J connectivity index is 0.669. The van der Waals surface area contributed by atoms with E-state index in [4.69, 9.17) is 14.2 Å². The molecule has 0 bridgehead atoms.